The van der Waals surface area contributed by atoms with Gasteiger partial charge in [-0.15, -0.1) is 0 Å². The molecule has 1 amide bonds. The van der Waals surface area contributed by atoms with Crippen molar-refractivity contribution in [1.29, 1.82) is 0 Å². The molecule has 0 saturated carbocycles. The molecule has 8 heteroatoms. The average Bonchev–Trinajstić information content (AvgIpc) is 2.99. The number of primary amides is 1. The van der Waals surface area contributed by atoms with E-state index in [1.54, 1.807) is 11.8 Å². The minimum Gasteiger partial charge on any atom is -0.382 e. The topological polar surface area (TPSA) is 113 Å². The maximum atomic E-state index is 11.2. The van der Waals surface area contributed by atoms with Gasteiger partial charge in [0.05, 0.1) is 0 Å². The van der Waals surface area contributed by atoms with Crippen molar-refractivity contribution in [2.45, 2.75) is 71.0 Å². The highest BCUT2D eigenvalue weighted by molar-refractivity contribution is 7.99. The fourth-order valence-electron chi connectivity index (χ4n) is 3.52. The summed E-state index contributed by atoms with van der Waals surface area (Å²) in [6, 6.07) is 0. The van der Waals surface area contributed by atoms with Gasteiger partial charge >= 0.3 is 0 Å². The highest BCUT2D eigenvalue weighted by atomic mass is 32.2. The number of rotatable bonds is 6. The van der Waals surface area contributed by atoms with E-state index in [9.17, 15) is 4.79 Å². The van der Waals surface area contributed by atoms with Crippen molar-refractivity contribution in [3.05, 3.63) is 33.6 Å². The van der Waals surface area contributed by atoms with E-state index < -0.39 is 0 Å². The van der Waals surface area contributed by atoms with Crippen LogP contribution in [0.3, 0.4) is 0 Å². The number of nitrogens with zero attached hydrogens (tertiary/aromatic N) is 4. The molecule has 2 heterocycles. The lowest BCUT2D eigenvalue weighted by atomic mass is 9.95. The van der Waals surface area contributed by atoms with E-state index >= 15 is 0 Å². The average molecular weight is 413 g/mol. The summed E-state index contributed by atoms with van der Waals surface area (Å²) < 4.78 is 2.03. The number of hydrogen-bond acceptors (Lipinski definition) is 6. The third kappa shape index (κ3) is 3.94. The van der Waals surface area contributed by atoms with E-state index in [1.807, 2.05) is 11.5 Å². The van der Waals surface area contributed by atoms with Gasteiger partial charge in [0.2, 0.25) is 5.91 Å². The molecule has 0 bridgehead atoms. The number of benzene rings is 1. The van der Waals surface area contributed by atoms with Gasteiger partial charge in [0.1, 0.15) is 5.82 Å². The lowest BCUT2D eigenvalue weighted by Crippen LogP contribution is -2.12. The van der Waals surface area contributed by atoms with Gasteiger partial charge in [0.25, 0.3) is 0 Å². The first-order valence-electron chi connectivity index (χ1n) is 9.65. The Bertz CT molecular complexity index is 1090. The minimum absolute atomic E-state index is 0.310. The Hall–Kier alpha value is -2.61. The van der Waals surface area contributed by atoms with Gasteiger partial charge in [-0.3, -0.25) is 4.79 Å². The second kappa shape index (κ2) is 8.02. The quantitative estimate of drug-likeness (QED) is 0.639. The summed E-state index contributed by atoms with van der Waals surface area (Å²) in [5.74, 6) is 0.648. The first-order chi connectivity index (χ1) is 13.6. The SMILES string of the molecule is Cc1nc(N)c2nc(Sc3c(C)c(C)c(C)c(C)c3C)n(CCCC(N)=O)c2n1. The number of aryl methyl sites for hydroxylation is 2. The summed E-state index contributed by atoms with van der Waals surface area (Å²) in [5.41, 5.74) is 19.2. The van der Waals surface area contributed by atoms with Crippen LogP contribution in [0.15, 0.2) is 10.1 Å². The predicted octanol–water partition coefficient (Wildman–Crippen LogP) is 3.68. The standard InChI is InChI=1S/C21H28N6OS/c1-10-11(2)13(4)18(14(5)12(10)3)29-21-26-17-19(23)24-15(6)25-20(17)27(21)9-7-8-16(22)28/h7-9H2,1-6H3,(H2,22,28)(H2,23,24,25). The molecular formula is C21H28N6OS. The Kier molecular flexibility index (Phi) is 5.84. The number of hydrogen-bond donors (Lipinski definition) is 2. The van der Waals surface area contributed by atoms with Crippen molar-refractivity contribution in [2.24, 2.45) is 5.73 Å². The maximum absolute atomic E-state index is 11.2. The molecule has 0 atom stereocenters. The molecule has 4 N–H and O–H groups in total. The van der Waals surface area contributed by atoms with Crippen molar-refractivity contribution < 1.29 is 4.79 Å². The van der Waals surface area contributed by atoms with Crippen molar-refractivity contribution in [1.82, 2.24) is 19.5 Å². The Labute approximate surface area is 175 Å². The number of aromatic nitrogens is 4. The molecule has 0 aliphatic rings. The van der Waals surface area contributed by atoms with Crippen molar-refractivity contribution >= 4 is 34.7 Å². The van der Waals surface area contributed by atoms with Gasteiger partial charge in [0, 0.05) is 17.9 Å². The van der Waals surface area contributed by atoms with E-state index in [0.717, 1.165) is 5.16 Å². The molecule has 29 heavy (non-hydrogen) atoms. The predicted molar refractivity (Wildman–Crippen MR) is 117 cm³/mol. The third-order valence-corrected chi connectivity index (χ3v) is 6.94. The Morgan fingerprint density at radius 2 is 1.52 bits per heavy atom. The number of amides is 1. The fourth-order valence-corrected chi connectivity index (χ4v) is 4.74. The number of carbonyl (C=O) groups excluding carboxylic acids is 1. The molecule has 3 rings (SSSR count). The monoisotopic (exact) mass is 412 g/mol. The third-order valence-electron chi connectivity index (χ3n) is 5.63. The van der Waals surface area contributed by atoms with Crippen LogP contribution < -0.4 is 11.5 Å². The lowest BCUT2D eigenvalue weighted by Gasteiger charge is -2.18. The van der Waals surface area contributed by atoms with E-state index in [-0.39, 0.29) is 5.91 Å². The number of carbonyl (C=O) groups is 1. The molecule has 0 saturated heterocycles. The molecule has 0 unspecified atom stereocenters. The number of nitrogens with two attached hydrogens (primary N) is 2. The Morgan fingerprint density at radius 1 is 0.931 bits per heavy atom. The van der Waals surface area contributed by atoms with E-state index in [4.69, 9.17) is 16.5 Å². The molecule has 7 nitrogen and oxygen atoms in total. The van der Waals surface area contributed by atoms with E-state index in [0.29, 0.717) is 42.2 Å². The van der Waals surface area contributed by atoms with Crippen LogP contribution in [0.4, 0.5) is 5.82 Å². The Balaban J connectivity index is 2.14. The van der Waals surface area contributed by atoms with Crippen LogP contribution >= 0.6 is 11.8 Å². The molecule has 3 aromatic rings. The van der Waals surface area contributed by atoms with Crippen LogP contribution in [-0.4, -0.2) is 25.4 Å². The molecule has 154 valence electrons. The van der Waals surface area contributed by atoms with Crippen molar-refractivity contribution in [3.63, 3.8) is 0 Å². The van der Waals surface area contributed by atoms with Gasteiger partial charge in [-0.05, 0) is 75.8 Å². The summed E-state index contributed by atoms with van der Waals surface area (Å²) >= 11 is 1.62. The number of nitrogen functional groups attached to an aromatic ring is 1. The van der Waals surface area contributed by atoms with Crippen LogP contribution in [0, 0.1) is 41.5 Å². The summed E-state index contributed by atoms with van der Waals surface area (Å²) in [4.78, 5) is 26.0. The molecule has 0 spiro atoms. The second-order valence-corrected chi connectivity index (χ2v) is 8.48. The second-order valence-electron chi connectivity index (χ2n) is 7.50. The van der Waals surface area contributed by atoms with Gasteiger partial charge in [-0.1, -0.05) is 11.8 Å². The zero-order valence-corrected chi connectivity index (χ0v) is 18.7. The minimum atomic E-state index is -0.314. The highest BCUT2D eigenvalue weighted by Crippen LogP contribution is 2.38. The maximum Gasteiger partial charge on any atom is 0.217 e. The van der Waals surface area contributed by atoms with Crippen LogP contribution in [0.5, 0.6) is 0 Å². The lowest BCUT2D eigenvalue weighted by molar-refractivity contribution is -0.118. The van der Waals surface area contributed by atoms with Gasteiger partial charge in [-0.25, -0.2) is 15.0 Å². The van der Waals surface area contributed by atoms with Crippen LogP contribution in [-0.2, 0) is 11.3 Å². The van der Waals surface area contributed by atoms with Crippen LogP contribution in [0.2, 0.25) is 0 Å². The molecule has 2 aromatic heterocycles. The zero-order valence-electron chi connectivity index (χ0n) is 17.9. The molecule has 1 aromatic carbocycles. The zero-order chi connectivity index (χ0) is 21.5. The normalized spacial score (nSPS) is 11.4. The van der Waals surface area contributed by atoms with Gasteiger partial charge in [0.15, 0.2) is 22.1 Å². The van der Waals surface area contributed by atoms with Crippen LogP contribution in [0.25, 0.3) is 11.2 Å². The fraction of sp³-hybridized carbons (Fsp3) is 0.429. The first-order valence-corrected chi connectivity index (χ1v) is 10.5. The van der Waals surface area contributed by atoms with Gasteiger partial charge < -0.3 is 16.0 Å². The number of anilines is 1. The van der Waals surface area contributed by atoms with Crippen molar-refractivity contribution in [2.75, 3.05) is 5.73 Å². The Morgan fingerprint density at radius 3 is 2.10 bits per heavy atom. The molecular weight excluding hydrogens is 384 g/mol. The van der Waals surface area contributed by atoms with E-state index in [2.05, 4.69) is 44.6 Å². The number of fused-ring (bicyclic) bond motifs is 1. The largest absolute Gasteiger partial charge is 0.382 e. The van der Waals surface area contributed by atoms with Crippen LogP contribution in [0.1, 0.15) is 46.5 Å². The summed E-state index contributed by atoms with van der Waals surface area (Å²) in [5, 5.41) is 0.796. The molecule has 0 aliphatic carbocycles. The molecule has 0 aliphatic heterocycles. The van der Waals surface area contributed by atoms with E-state index in [1.165, 1.54) is 32.7 Å². The van der Waals surface area contributed by atoms with Gasteiger partial charge in [-0.2, -0.15) is 0 Å². The smallest absolute Gasteiger partial charge is 0.217 e. The summed E-state index contributed by atoms with van der Waals surface area (Å²) in [6.45, 7) is 13.2. The number of imidazole rings is 1. The first kappa shape index (κ1) is 21.1. The summed E-state index contributed by atoms with van der Waals surface area (Å²) in [7, 11) is 0. The highest BCUT2D eigenvalue weighted by Gasteiger charge is 2.20. The summed E-state index contributed by atoms with van der Waals surface area (Å²) in [6.07, 6.45) is 0.922. The van der Waals surface area contributed by atoms with Crippen molar-refractivity contribution in [3.8, 4) is 0 Å². The molecule has 0 fully saturated rings. The molecule has 0 radical (unpaired) electrons.